The third-order valence-electron chi connectivity index (χ3n) is 2.51. The summed E-state index contributed by atoms with van der Waals surface area (Å²) < 4.78 is 5.20. The van der Waals surface area contributed by atoms with Crippen molar-refractivity contribution in [2.45, 2.75) is 26.8 Å². The minimum absolute atomic E-state index is 0.201. The highest BCUT2D eigenvalue weighted by molar-refractivity contribution is 6.06. The molecule has 0 unspecified atom stereocenters. The van der Waals surface area contributed by atoms with Gasteiger partial charge in [-0.2, -0.15) is 0 Å². The van der Waals surface area contributed by atoms with E-state index in [2.05, 4.69) is 4.99 Å². The second-order valence-electron chi connectivity index (χ2n) is 4.99. The van der Waals surface area contributed by atoms with E-state index in [0.717, 1.165) is 5.56 Å². The summed E-state index contributed by atoms with van der Waals surface area (Å²) in [7, 11) is 0. The van der Waals surface area contributed by atoms with Gasteiger partial charge in [-0.3, -0.25) is 0 Å². The predicted molar refractivity (Wildman–Crippen MR) is 62.3 cm³/mol. The van der Waals surface area contributed by atoms with Gasteiger partial charge in [0.25, 0.3) is 0 Å². The monoisotopic (exact) mass is 217 g/mol. The first-order chi connectivity index (χ1) is 7.48. The van der Waals surface area contributed by atoms with Crippen molar-refractivity contribution < 1.29 is 9.53 Å². The van der Waals surface area contributed by atoms with Gasteiger partial charge >= 0.3 is 5.97 Å². The largest absolute Gasteiger partial charge is 0.406 e. The molecule has 0 radical (unpaired) electrons. The zero-order chi connectivity index (χ0) is 11.8. The average molecular weight is 217 g/mol. The van der Waals surface area contributed by atoms with Crippen molar-refractivity contribution in [3.8, 4) is 0 Å². The van der Waals surface area contributed by atoms with E-state index >= 15 is 0 Å². The number of carbonyl (C=O) groups is 1. The van der Waals surface area contributed by atoms with Crippen LogP contribution in [-0.2, 0) is 9.53 Å². The van der Waals surface area contributed by atoms with Crippen LogP contribution in [0.2, 0.25) is 0 Å². The van der Waals surface area contributed by atoms with E-state index < -0.39 is 6.04 Å². The summed E-state index contributed by atoms with van der Waals surface area (Å²) in [5, 5.41) is 0. The summed E-state index contributed by atoms with van der Waals surface area (Å²) in [4.78, 5) is 16.0. The van der Waals surface area contributed by atoms with Crippen LogP contribution < -0.4 is 0 Å². The van der Waals surface area contributed by atoms with Crippen LogP contribution in [0.1, 0.15) is 26.3 Å². The first kappa shape index (κ1) is 10.9. The fraction of sp³-hybridized carbons (Fsp3) is 0.385. The quantitative estimate of drug-likeness (QED) is 0.677. The number of esters is 1. The van der Waals surface area contributed by atoms with Crippen molar-refractivity contribution in [3.63, 3.8) is 0 Å². The number of hydrogen-bond acceptors (Lipinski definition) is 3. The van der Waals surface area contributed by atoms with Crippen molar-refractivity contribution in [3.05, 3.63) is 35.9 Å². The molecule has 0 bridgehead atoms. The molecule has 1 aromatic carbocycles. The van der Waals surface area contributed by atoms with Crippen LogP contribution in [0.15, 0.2) is 35.3 Å². The topological polar surface area (TPSA) is 38.7 Å². The fourth-order valence-electron chi connectivity index (χ4n) is 1.61. The van der Waals surface area contributed by atoms with Crippen LogP contribution in [0, 0.1) is 5.41 Å². The standard InChI is InChI=1S/C13H15NO2/c1-13(2,3)10-12(15)16-11(14-10)9-7-5-4-6-8-9/h4-8,10H,1-3H3/t10-/m1/s1. The smallest absolute Gasteiger partial charge is 0.338 e. The Hall–Kier alpha value is -1.64. The predicted octanol–water partition coefficient (Wildman–Crippen LogP) is 2.40. The summed E-state index contributed by atoms with van der Waals surface area (Å²) in [6.45, 7) is 5.95. The third kappa shape index (κ3) is 1.98. The van der Waals surface area contributed by atoms with Crippen LogP contribution >= 0.6 is 0 Å². The lowest BCUT2D eigenvalue weighted by molar-refractivity contribution is -0.137. The number of benzene rings is 1. The lowest BCUT2D eigenvalue weighted by Gasteiger charge is -2.20. The zero-order valence-corrected chi connectivity index (χ0v) is 9.73. The van der Waals surface area contributed by atoms with Crippen molar-refractivity contribution in [1.82, 2.24) is 0 Å². The van der Waals surface area contributed by atoms with Crippen molar-refractivity contribution in [1.29, 1.82) is 0 Å². The number of hydrogen-bond donors (Lipinski definition) is 0. The molecule has 0 aliphatic carbocycles. The highest BCUT2D eigenvalue weighted by atomic mass is 16.6. The summed E-state index contributed by atoms with van der Waals surface area (Å²) in [6.07, 6.45) is 0. The van der Waals surface area contributed by atoms with Crippen molar-refractivity contribution in [2.75, 3.05) is 0 Å². The molecule has 1 heterocycles. The Labute approximate surface area is 95.2 Å². The van der Waals surface area contributed by atoms with Crippen LogP contribution in [-0.4, -0.2) is 17.9 Å². The number of carbonyl (C=O) groups excluding carboxylic acids is 1. The molecule has 0 aromatic heterocycles. The van der Waals surface area contributed by atoms with Gasteiger partial charge in [0.05, 0.1) is 0 Å². The SMILES string of the molecule is CC(C)(C)[C@@H]1N=C(c2ccccc2)OC1=O. The van der Waals surface area contributed by atoms with Gasteiger partial charge in [-0.25, -0.2) is 9.79 Å². The molecule has 1 aromatic rings. The number of rotatable bonds is 1. The molecule has 0 saturated carbocycles. The third-order valence-corrected chi connectivity index (χ3v) is 2.51. The van der Waals surface area contributed by atoms with Crippen LogP contribution in [0.4, 0.5) is 0 Å². The van der Waals surface area contributed by atoms with Crippen LogP contribution in [0.3, 0.4) is 0 Å². The molecule has 0 saturated heterocycles. The van der Waals surface area contributed by atoms with Gasteiger partial charge in [0.1, 0.15) is 0 Å². The van der Waals surface area contributed by atoms with Gasteiger partial charge in [0, 0.05) is 5.56 Å². The Morgan fingerprint density at radius 2 is 1.81 bits per heavy atom. The minimum atomic E-state index is -0.400. The lowest BCUT2D eigenvalue weighted by Crippen LogP contribution is -2.30. The summed E-state index contributed by atoms with van der Waals surface area (Å²) in [5.41, 5.74) is 0.649. The van der Waals surface area contributed by atoms with E-state index in [0.29, 0.717) is 5.90 Å². The fourth-order valence-corrected chi connectivity index (χ4v) is 1.61. The number of aliphatic imine (C=N–C) groups is 1. The normalized spacial score (nSPS) is 20.6. The molecule has 0 spiro atoms. The number of nitrogens with zero attached hydrogens (tertiary/aromatic N) is 1. The van der Waals surface area contributed by atoms with Crippen LogP contribution in [0.5, 0.6) is 0 Å². The first-order valence-corrected chi connectivity index (χ1v) is 5.33. The zero-order valence-electron chi connectivity index (χ0n) is 9.73. The van der Waals surface area contributed by atoms with Gasteiger partial charge < -0.3 is 4.74 Å². The van der Waals surface area contributed by atoms with Gasteiger partial charge in [-0.05, 0) is 17.5 Å². The number of ether oxygens (including phenoxy) is 1. The second-order valence-corrected chi connectivity index (χ2v) is 4.99. The van der Waals surface area contributed by atoms with Crippen molar-refractivity contribution >= 4 is 11.9 Å². The Balaban J connectivity index is 2.31. The molecular weight excluding hydrogens is 202 g/mol. The Morgan fingerprint density at radius 3 is 2.31 bits per heavy atom. The van der Waals surface area contributed by atoms with E-state index in [1.807, 2.05) is 51.1 Å². The average Bonchev–Trinajstić information content (AvgIpc) is 2.61. The molecular formula is C13H15NO2. The highest BCUT2D eigenvalue weighted by Crippen LogP contribution is 2.28. The molecule has 3 heteroatoms. The summed E-state index contributed by atoms with van der Waals surface area (Å²) in [6, 6.07) is 9.09. The molecule has 3 nitrogen and oxygen atoms in total. The number of cyclic esters (lactones) is 1. The molecule has 16 heavy (non-hydrogen) atoms. The van der Waals surface area contributed by atoms with E-state index in [9.17, 15) is 4.79 Å². The maximum absolute atomic E-state index is 11.7. The van der Waals surface area contributed by atoms with Crippen molar-refractivity contribution in [2.24, 2.45) is 10.4 Å². The molecule has 2 rings (SSSR count). The lowest BCUT2D eigenvalue weighted by atomic mass is 9.87. The molecule has 1 aliphatic rings. The minimum Gasteiger partial charge on any atom is -0.406 e. The van der Waals surface area contributed by atoms with Gasteiger partial charge in [0.15, 0.2) is 6.04 Å². The Bertz CT molecular complexity index is 429. The van der Waals surface area contributed by atoms with E-state index in [-0.39, 0.29) is 11.4 Å². The molecule has 0 fully saturated rings. The summed E-state index contributed by atoms with van der Waals surface area (Å²) >= 11 is 0. The second kappa shape index (κ2) is 3.74. The molecule has 0 amide bonds. The first-order valence-electron chi connectivity index (χ1n) is 5.33. The maximum Gasteiger partial charge on any atom is 0.338 e. The molecule has 1 atom stereocenters. The summed E-state index contributed by atoms with van der Waals surface area (Å²) in [5.74, 6) is 0.178. The van der Waals surface area contributed by atoms with Gasteiger partial charge in [0.2, 0.25) is 5.90 Å². The molecule has 1 aliphatic heterocycles. The van der Waals surface area contributed by atoms with E-state index in [1.165, 1.54) is 0 Å². The van der Waals surface area contributed by atoms with Crippen LogP contribution in [0.25, 0.3) is 0 Å². The highest BCUT2D eigenvalue weighted by Gasteiger charge is 2.38. The Kier molecular flexibility index (Phi) is 2.54. The Morgan fingerprint density at radius 1 is 1.19 bits per heavy atom. The maximum atomic E-state index is 11.7. The molecule has 84 valence electrons. The van der Waals surface area contributed by atoms with E-state index in [4.69, 9.17) is 4.74 Å². The molecule has 0 N–H and O–H groups in total. The van der Waals surface area contributed by atoms with Gasteiger partial charge in [-0.1, -0.05) is 39.0 Å². The van der Waals surface area contributed by atoms with Gasteiger partial charge in [-0.15, -0.1) is 0 Å². The van der Waals surface area contributed by atoms with E-state index in [1.54, 1.807) is 0 Å².